The Bertz CT molecular complexity index is 395. The monoisotopic (exact) mass is 301 g/mol. The second-order valence-electron chi connectivity index (χ2n) is 3.45. The topological polar surface area (TPSA) is 47.6 Å². The summed E-state index contributed by atoms with van der Waals surface area (Å²) < 4.78 is 11.4. The molecule has 1 aromatic carbocycles. The average Bonchev–Trinajstić information content (AvgIpc) is 2.31. The number of rotatable bonds is 5. The molecule has 0 bridgehead atoms. The molecule has 0 radical (unpaired) electrons. The molecule has 0 aliphatic heterocycles. The molecule has 0 saturated carbocycles. The van der Waals surface area contributed by atoms with Gasteiger partial charge in [0.2, 0.25) is 0 Å². The number of methoxy groups -OCH3 is 1. The second-order valence-corrected chi connectivity index (χ2v) is 4.31. The summed E-state index contributed by atoms with van der Waals surface area (Å²) in [5, 5.41) is 2.70. The molecule has 0 aromatic heterocycles. The van der Waals surface area contributed by atoms with E-state index in [9.17, 15) is 4.79 Å². The van der Waals surface area contributed by atoms with Crippen LogP contribution in [-0.4, -0.2) is 25.7 Å². The zero-order valence-corrected chi connectivity index (χ0v) is 11.7. The number of halogens is 1. The SMILES string of the molecule is CCNC(=O)C(C)Oc1ccc(OC)cc1Br. The predicted octanol–water partition coefficient (Wildman–Crippen LogP) is 2.36. The quantitative estimate of drug-likeness (QED) is 0.908. The molecule has 0 heterocycles. The van der Waals surface area contributed by atoms with Crippen LogP contribution < -0.4 is 14.8 Å². The predicted molar refractivity (Wildman–Crippen MR) is 69.5 cm³/mol. The summed E-state index contributed by atoms with van der Waals surface area (Å²) in [6.07, 6.45) is -0.528. The van der Waals surface area contributed by atoms with E-state index < -0.39 is 6.10 Å². The molecule has 0 spiro atoms. The van der Waals surface area contributed by atoms with Gasteiger partial charge in [0.15, 0.2) is 6.10 Å². The molecule has 1 aromatic rings. The van der Waals surface area contributed by atoms with Crippen LogP contribution in [0, 0.1) is 0 Å². The van der Waals surface area contributed by atoms with Crippen molar-refractivity contribution < 1.29 is 14.3 Å². The van der Waals surface area contributed by atoms with E-state index in [1.807, 2.05) is 6.92 Å². The Morgan fingerprint density at radius 2 is 2.24 bits per heavy atom. The third kappa shape index (κ3) is 3.93. The van der Waals surface area contributed by atoms with Gasteiger partial charge in [0, 0.05) is 6.54 Å². The van der Waals surface area contributed by atoms with Crippen LogP contribution in [0.1, 0.15) is 13.8 Å². The Hall–Kier alpha value is -1.23. The van der Waals surface area contributed by atoms with Gasteiger partial charge in [0.05, 0.1) is 11.6 Å². The van der Waals surface area contributed by atoms with Gasteiger partial charge < -0.3 is 14.8 Å². The lowest BCUT2D eigenvalue weighted by atomic mass is 10.3. The standard InChI is InChI=1S/C12H16BrNO3/c1-4-14-12(15)8(2)17-11-6-5-9(16-3)7-10(11)13/h5-8H,4H2,1-3H3,(H,14,15). The third-order valence-electron chi connectivity index (χ3n) is 2.16. The average molecular weight is 302 g/mol. The van der Waals surface area contributed by atoms with Crippen molar-refractivity contribution in [3.8, 4) is 11.5 Å². The van der Waals surface area contributed by atoms with Gasteiger partial charge in [-0.3, -0.25) is 4.79 Å². The van der Waals surface area contributed by atoms with E-state index in [1.54, 1.807) is 32.2 Å². The summed E-state index contributed by atoms with van der Waals surface area (Å²) in [5.41, 5.74) is 0. The molecule has 1 unspecified atom stereocenters. The van der Waals surface area contributed by atoms with Crippen LogP contribution in [0.25, 0.3) is 0 Å². The summed E-state index contributed by atoms with van der Waals surface area (Å²) in [4.78, 5) is 11.5. The molecule has 0 fully saturated rings. The summed E-state index contributed by atoms with van der Waals surface area (Å²) in [7, 11) is 1.60. The van der Waals surface area contributed by atoms with Crippen molar-refractivity contribution >= 4 is 21.8 Å². The number of hydrogen-bond donors (Lipinski definition) is 1. The molecule has 0 aliphatic rings. The smallest absolute Gasteiger partial charge is 0.260 e. The molecule has 4 nitrogen and oxygen atoms in total. The van der Waals surface area contributed by atoms with E-state index in [0.717, 1.165) is 10.2 Å². The summed E-state index contributed by atoms with van der Waals surface area (Å²) in [5.74, 6) is 1.22. The van der Waals surface area contributed by atoms with E-state index in [1.165, 1.54) is 0 Å². The first kappa shape index (κ1) is 13.8. The second kappa shape index (κ2) is 6.49. The maximum absolute atomic E-state index is 11.5. The molecule has 1 atom stereocenters. The van der Waals surface area contributed by atoms with Crippen molar-refractivity contribution in [1.29, 1.82) is 0 Å². The molecule has 1 amide bonds. The van der Waals surface area contributed by atoms with Gasteiger partial charge in [-0.1, -0.05) is 0 Å². The fourth-order valence-corrected chi connectivity index (χ4v) is 1.72. The highest BCUT2D eigenvalue weighted by molar-refractivity contribution is 9.10. The van der Waals surface area contributed by atoms with Crippen molar-refractivity contribution in [2.45, 2.75) is 20.0 Å². The van der Waals surface area contributed by atoms with Crippen molar-refractivity contribution in [2.75, 3.05) is 13.7 Å². The lowest BCUT2D eigenvalue weighted by molar-refractivity contribution is -0.127. The summed E-state index contributed by atoms with van der Waals surface area (Å²) >= 11 is 3.37. The fourth-order valence-electron chi connectivity index (χ4n) is 1.27. The van der Waals surface area contributed by atoms with Crippen LogP contribution in [0.3, 0.4) is 0 Å². The Morgan fingerprint density at radius 1 is 1.53 bits per heavy atom. The molecule has 0 saturated heterocycles. The molecule has 1 N–H and O–H groups in total. The Labute approximate surface area is 109 Å². The Morgan fingerprint density at radius 3 is 2.76 bits per heavy atom. The number of carbonyl (C=O) groups is 1. The number of hydrogen-bond acceptors (Lipinski definition) is 3. The van der Waals surface area contributed by atoms with Gasteiger partial charge in [-0.05, 0) is 48.0 Å². The van der Waals surface area contributed by atoms with Crippen molar-refractivity contribution in [3.05, 3.63) is 22.7 Å². The van der Waals surface area contributed by atoms with Crippen LogP contribution >= 0.6 is 15.9 Å². The number of ether oxygens (including phenoxy) is 2. The highest BCUT2D eigenvalue weighted by atomic mass is 79.9. The molecule has 17 heavy (non-hydrogen) atoms. The van der Waals surface area contributed by atoms with Gasteiger partial charge in [-0.25, -0.2) is 0 Å². The van der Waals surface area contributed by atoms with Crippen LogP contribution in [0.15, 0.2) is 22.7 Å². The normalized spacial score (nSPS) is 11.8. The lowest BCUT2D eigenvalue weighted by Gasteiger charge is -2.15. The van der Waals surface area contributed by atoms with Crippen molar-refractivity contribution in [1.82, 2.24) is 5.32 Å². The molecule has 5 heteroatoms. The Balaban J connectivity index is 2.71. The number of nitrogens with one attached hydrogen (secondary N) is 1. The minimum Gasteiger partial charge on any atom is -0.497 e. The zero-order chi connectivity index (χ0) is 12.8. The maximum Gasteiger partial charge on any atom is 0.260 e. The summed E-state index contributed by atoms with van der Waals surface area (Å²) in [6.45, 7) is 4.17. The highest BCUT2D eigenvalue weighted by Gasteiger charge is 2.15. The van der Waals surface area contributed by atoms with Crippen LogP contribution in [0.2, 0.25) is 0 Å². The van der Waals surface area contributed by atoms with E-state index >= 15 is 0 Å². The minimum absolute atomic E-state index is 0.129. The van der Waals surface area contributed by atoms with Gasteiger partial charge in [-0.2, -0.15) is 0 Å². The Kier molecular flexibility index (Phi) is 5.28. The molecule has 1 rings (SSSR count). The van der Waals surface area contributed by atoms with Crippen LogP contribution in [0.4, 0.5) is 0 Å². The fraction of sp³-hybridized carbons (Fsp3) is 0.417. The van der Waals surface area contributed by atoms with E-state index in [2.05, 4.69) is 21.2 Å². The molecular formula is C12H16BrNO3. The molecule has 94 valence electrons. The first-order valence-corrected chi connectivity index (χ1v) is 6.15. The molecular weight excluding hydrogens is 286 g/mol. The molecule has 0 aliphatic carbocycles. The van der Waals surface area contributed by atoms with Crippen molar-refractivity contribution in [2.24, 2.45) is 0 Å². The van der Waals surface area contributed by atoms with Crippen LogP contribution in [-0.2, 0) is 4.79 Å². The summed E-state index contributed by atoms with van der Waals surface area (Å²) in [6, 6.07) is 5.34. The lowest BCUT2D eigenvalue weighted by Crippen LogP contribution is -2.36. The third-order valence-corrected chi connectivity index (χ3v) is 2.78. The van der Waals surface area contributed by atoms with Gasteiger partial charge in [0.1, 0.15) is 11.5 Å². The number of likely N-dealkylation sites (N-methyl/N-ethyl adjacent to an activating group) is 1. The highest BCUT2D eigenvalue weighted by Crippen LogP contribution is 2.29. The van der Waals surface area contributed by atoms with E-state index in [4.69, 9.17) is 9.47 Å². The van der Waals surface area contributed by atoms with Gasteiger partial charge >= 0.3 is 0 Å². The largest absolute Gasteiger partial charge is 0.497 e. The number of amides is 1. The first-order chi connectivity index (χ1) is 8.08. The van der Waals surface area contributed by atoms with Gasteiger partial charge in [-0.15, -0.1) is 0 Å². The van der Waals surface area contributed by atoms with E-state index in [-0.39, 0.29) is 5.91 Å². The number of carbonyl (C=O) groups excluding carboxylic acids is 1. The zero-order valence-electron chi connectivity index (χ0n) is 10.1. The van der Waals surface area contributed by atoms with Crippen LogP contribution in [0.5, 0.6) is 11.5 Å². The van der Waals surface area contributed by atoms with Gasteiger partial charge in [0.25, 0.3) is 5.91 Å². The van der Waals surface area contributed by atoms with Crippen molar-refractivity contribution in [3.63, 3.8) is 0 Å². The maximum atomic E-state index is 11.5. The first-order valence-electron chi connectivity index (χ1n) is 5.36. The minimum atomic E-state index is -0.528. The number of benzene rings is 1. The van der Waals surface area contributed by atoms with E-state index in [0.29, 0.717) is 12.3 Å².